The quantitative estimate of drug-likeness (QED) is 0.775. The Morgan fingerprint density at radius 2 is 1.81 bits per heavy atom. The van der Waals surface area contributed by atoms with Gasteiger partial charge in [-0.05, 0) is 36.8 Å². The molecular weight excluding hydrogens is 360 g/mol. The lowest BCUT2D eigenvalue weighted by Gasteiger charge is -2.38. The van der Waals surface area contributed by atoms with Crippen LogP contribution >= 0.6 is 0 Å². The summed E-state index contributed by atoms with van der Waals surface area (Å²) in [6.07, 6.45) is 1.15. The number of sulfonamides is 1. The van der Waals surface area contributed by atoms with Crippen molar-refractivity contribution in [2.75, 3.05) is 0 Å². The summed E-state index contributed by atoms with van der Waals surface area (Å²) in [6.45, 7) is 0. The summed E-state index contributed by atoms with van der Waals surface area (Å²) in [4.78, 5) is 0. The molecule has 0 amide bonds. The van der Waals surface area contributed by atoms with E-state index in [1.54, 1.807) is 0 Å². The van der Waals surface area contributed by atoms with Crippen LogP contribution in [0.1, 0.15) is 24.0 Å². The van der Waals surface area contributed by atoms with Crippen LogP contribution in [0, 0.1) is 17.6 Å². The van der Waals surface area contributed by atoms with E-state index in [1.165, 1.54) is 0 Å². The number of hydrogen-bond acceptors (Lipinski definition) is 3. The topological polar surface area (TPSA) is 66.4 Å². The third kappa shape index (κ3) is 4.87. The number of rotatable bonds is 7. The average molecular weight is 381 g/mol. The normalized spacial score (nSPS) is 21.2. The van der Waals surface area contributed by atoms with E-state index in [0.717, 1.165) is 17.7 Å². The molecule has 1 fully saturated rings. The summed E-state index contributed by atoms with van der Waals surface area (Å²) in [6, 6.07) is 11.9. The number of aliphatic hydroxyl groups excluding tert-OH is 1. The average Bonchev–Trinajstić information content (AvgIpc) is 2.55. The molecule has 0 aromatic heterocycles. The molecule has 0 radical (unpaired) electrons. The Kier molecular flexibility index (Phi) is 5.70. The summed E-state index contributed by atoms with van der Waals surface area (Å²) >= 11 is 0. The molecule has 4 nitrogen and oxygen atoms in total. The number of nitrogens with one attached hydrogen (secondary N) is 1. The van der Waals surface area contributed by atoms with E-state index in [0.29, 0.717) is 25.3 Å². The van der Waals surface area contributed by atoms with Crippen molar-refractivity contribution in [1.29, 1.82) is 0 Å². The van der Waals surface area contributed by atoms with Crippen LogP contribution in [0.15, 0.2) is 48.5 Å². The van der Waals surface area contributed by atoms with Crippen LogP contribution in [0.25, 0.3) is 0 Å². The lowest BCUT2D eigenvalue weighted by Crippen LogP contribution is -2.48. The first-order chi connectivity index (χ1) is 12.3. The molecule has 1 aliphatic carbocycles. The SMILES string of the molecule is O=S(=O)(Cc1ccc(F)cc1F)NC(Cc1ccccc1)C1CC(O)C1. The fourth-order valence-electron chi connectivity index (χ4n) is 3.25. The first kappa shape index (κ1) is 18.9. The van der Waals surface area contributed by atoms with Gasteiger partial charge in [-0.15, -0.1) is 0 Å². The first-order valence-electron chi connectivity index (χ1n) is 8.48. The predicted molar refractivity (Wildman–Crippen MR) is 94.8 cm³/mol. The van der Waals surface area contributed by atoms with Gasteiger partial charge in [0.05, 0.1) is 11.9 Å². The third-order valence-electron chi connectivity index (χ3n) is 4.71. The van der Waals surface area contributed by atoms with Gasteiger partial charge in [-0.25, -0.2) is 21.9 Å². The summed E-state index contributed by atoms with van der Waals surface area (Å²) in [7, 11) is -3.82. The van der Waals surface area contributed by atoms with Crippen LogP contribution in [-0.4, -0.2) is 25.7 Å². The number of halogens is 2. The highest BCUT2D eigenvalue weighted by Crippen LogP contribution is 2.32. The highest BCUT2D eigenvalue weighted by molar-refractivity contribution is 7.88. The molecule has 0 aliphatic heterocycles. The van der Waals surface area contributed by atoms with E-state index < -0.39 is 33.5 Å². The lowest BCUT2D eigenvalue weighted by molar-refractivity contribution is 0.0283. The van der Waals surface area contributed by atoms with Crippen LogP contribution in [0.5, 0.6) is 0 Å². The minimum absolute atomic E-state index is 0.0260. The molecule has 2 N–H and O–H groups in total. The predicted octanol–water partition coefficient (Wildman–Crippen LogP) is 2.77. The molecule has 3 rings (SSSR count). The van der Waals surface area contributed by atoms with Gasteiger partial charge in [0, 0.05) is 17.7 Å². The molecule has 0 bridgehead atoms. The molecular formula is C19H21F2NO3S. The molecule has 2 aromatic rings. The van der Waals surface area contributed by atoms with Gasteiger partial charge >= 0.3 is 0 Å². The zero-order chi connectivity index (χ0) is 18.7. The van der Waals surface area contributed by atoms with Gasteiger partial charge in [0.15, 0.2) is 0 Å². The lowest BCUT2D eigenvalue weighted by atomic mass is 9.76. The molecule has 140 valence electrons. The Labute approximate surface area is 151 Å². The van der Waals surface area contributed by atoms with Crippen molar-refractivity contribution in [3.63, 3.8) is 0 Å². The van der Waals surface area contributed by atoms with Crippen LogP contribution in [0.2, 0.25) is 0 Å². The second-order valence-electron chi connectivity index (χ2n) is 6.79. The Hall–Kier alpha value is -1.83. The molecule has 0 spiro atoms. The van der Waals surface area contributed by atoms with Crippen molar-refractivity contribution in [1.82, 2.24) is 4.72 Å². The van der Waals surface area contributed by atoms with Crippen LogP contribution in [0.3, 0.4) is 0 Å². The monoisotopic (exact) mass is 381 g/mol. The van der Waals surface area contributed by atoms with Crippen LogP contribution in [-0.2, 0) is 22.2 Å². The number of aliphatic hydroxyl groups is 1. The van der Waals surface area contributed by atoms with Gasteiger partial charge in [0.25, 0.3) is 0 Å². The smallest absolute Gasteiger partial charge is 0.216 e. The Balaban J connectivity index is 1.74. The van der Waals surface area contributed by atoms with E-state index >= 15 is 0 Å². The standard InChI is InChI=1S/C19H21F2NO3S/c20-16-7-6-14(18(21)11-16)12-26(24,25)22-19(15-9-17(23)10-15)8-13-4-2-1-3-5-13/h1-7,11,15,17,19,22-23H,8-10,12H2. The summed E-state index contributed by atoms with van der Waals surface area (Å²) in [5.74, 6) is -2.16. The largest absolute Gasteiger partial charge is 0.393 e. The van der Waals surface area contributed by atoms with E-state index in [2.05, 4.69) is 4.72 Å². The molecule has 7 heteroatoms. The van der Waals surface area contributed by atoms with E-state index in [4.69, 9.17) is 0 Å². The first-order valence-corrected chi connectivity index (χ1v) is 10.1. The van der Waals surface area contributed by atoms with Crippen molar-refractivity contribution in [3.8, 4) is 0 Å². The van der Waals surface area contributed by atoms with Crippen molar-refractivity contribution >= 4 is 10.0 Å². The van der Waals surface area contributed by atoms with Gasteiger partial charge in [-0.3, -0.25) is 0 Å². The summed E-state index contributed by atoms with van der Waals surface area (Å²) in [5.41, 5.74) is 0.903. The molecule has 1 atom stereocenters. The van der Waals surface area contributed by atoms with Crippen molar-refractivity contribution in [2.24, 2.45) is 5.92 Å². The van der Waals surface area contributed by atoms with Gasteiger partial charge in [-0.2, -0.15) is 0 Å². The minimum atomic E-state index is -3.82. The molecule has 1 unspecified atom stereocenters. The van der Waals surface area contributed by atoms with Gasteiger partial charge < -0.3 is 5.11 Å². The van der Waals surface area contributed by atoms with Crippen molar-refractivity contribution < 1.29 is 22.3 Å². The minimum Gasteiger partial charge on any atom is -0.393 e. The fraction of sp³-hybridized carbons (Fsp3) is 0.368. The zero-order valence-electron chi connectivity index (χ0n) is 14.1. The van der Waals surface area contributed by atoms with Gasteiger partial charge in [-0.1, -0.05) is 36.4 Å². The fourth-order valence-corrected chi connectivity index (χ4v) is 4.71. The molecule has 1 aliphatic rings. The molecule has 26 heavy (non-hydrogen) atoms. The van der Waals surface area contributed by atoms with E-state index in [1.807, 2.05) is 30.3 Å². The summed E-state index contributed by atoms with van der Waals surface area (Å²) < 4.78 is 54.5. The maximum atomic E-state index is 13.8. The highest BCUT2D eigenvalue weighted by Gasteiger charge is 2.36. The second-order valence-corrected chi connectivity index (χ2v) is 8.55. The highest BCUT2D eigenvalue weighted by atomic mass is 32.2. The summed E-state index contributed by atoms with van der Waals surface area (Å²) in [5, 5.41) is 9.57. The second kappa shape index (κ2) is 7.82. The Morgan fingerprint density at radius 1 is 1.12 bits per heavy atom. The third-order valence-corrected chi connectivity index (χ3v) is 6.06. The Morgan fingerprint density at radius 3 is 2.42 bits per heavy atom. The number of hydrogen-bond donors (Lipinski definition) is 2. The Bertz CT molecular complexity index is 852. The number of benzene rings is 2. The van der Waals surface area contributed by atoms with Crippen molar-refractivity contribution in [3.05, 3.63) is 71.3 Å². The van der Waals surface area contributed by atoms with Crippen LogP contribution in [0.4, 0.5) is 8.78 Å². The molecule has 0 heterocycles. The van der Waals surface area contributed by atoms with E-state index in [-0.39, 0.29) is 17.5 Å². The van der Waals surface area contributed by atoms with Gasteiger partial charge in [0.1, 0.15) is 11.6 Å². The molecule has 1 saturated carbocycles. The zero-order valence-corrected chi connectivity index (χ0v) is 14.9. The molecule has 2 aromatic carbocycles. The maximum absolute atomic E-state index is 13.8. The maximum Gasteiger partial charge on any atom is 0.216 e. The van der Waals surface area contributed by atoms with Gasteiger partial charge in [0.2, 0.25) is 10.0 Å². The van der Waals surface area contributed by atoms with E-state index in [9.17, 15) is 22.3 Å². The van der Waals surface area contributed by atoms with Crippen LogP contribution < -0.4 is 4.72 Å². The van der Waals surface area contributed by atoms with Crippen molar-refractivity contribution in [2.45, 2.75) is 37.2 Å². The molecule has 0 saturated heterocycles.